The van der Waals surface area contributed by atoms with E-state index in [1.54, 1.807) is 18.6 Å². The summed E-state index contributed by atoms with van der Waals surface area (Å²) < 4.78 is 0. The van der Waals surface area contributed by atoms with Gasteiger partial charge in [0.15, 0.2) is 0 Å². The van der Waals surface area contributed by atoms with E-state index in [2.05, 4.69) is 15.5 Å². The molecule has 4 heteroatoms. The standard InChI is InChI=1S/C11H15N3O/c1-9(2)7-11(15)14-13-8-10-3-5-12-6-4-10/h3-6,8-9H,7H2,1-2H3,(H,14,15)/b13-8-. The molecular formula is C11H15N3O. The van der Waals surface area contributed by atoms with Crippen molar-refractivity contribution in [1.29, 1.82) is 0 Å². The van der Waals surface area contributed by atoms with Crippen molar-refractivity contribution in [2.24, 2.45) is 11.0 Å². The molecule has 80 valence electrons. The molecule has 0 aliphatic carbocycles. The van der Waals surface area contributed by atoms with Gasteiger partial charge in [0.2, 0.25) is 5.91 Å². The Labute approximate surface area is 89.4 Å². The van der Waals surface area contributed by atoms with Crippen LogP contribution >= 0.6 is 0 Å². The summed E-state index contributed by atoms with van der Waals surface area (Å²) in [5.41, 5.74) is 3.38. The second-order valence-electron chi connectivity index (χ2n) is 3.67. The Morgan fingerprint density at radius 1 is 1.53 bits per heavy atom. The first-order valence-corrected chi connectivity index (χ1v) is 4.90. The molecule has 0 saturated carbocycles. The van der Waals surface area contributed by atoms with Crippen LogP contribution in [-0.4, -0.2) is 17.1 Å². The second-order valence-corrected chi connectivity index (χ2v) is 3.67. The van der Waals surface area contributed by atoms with E-state index >= 15 is 0 Å². The van der Waals surface area contributed by atoms with Gasteiger partial charge in [-0.2, -0.15) is 5.10 Å². The van der Waals surface area contributed by atoms with Crippen molar-refractivity contribution in [3.05, 3.63) is 30.1 Å². The molecule has 1 aromatic rings. The summed E-state index contributed by atoms with van der Waals surface area (Å²) in [5, 5.41) is 3.84. The fourth-order valence-electron chi connectivity index (χ4n) is 1.04. The first-order valence-electron chi connectivity index (χ1n) is 4.90. The molecule has 0 radical (unpaired) electrons. The van der Waals surface area contributed by atoms with Gasteiger partial charge in [0, 0.05) is 18.8 Å². The van der Waals surface area contributed by atoms with E-state index < -0.39 is 0 Å². The molecular weight excluding hydrogens is 190 g/mol. The van der Waals surface area contributed by atoms with Crippen LogP contribution in [0.4, 0.5) is 0 Å². The smallest absolute Gasteiger partial charge is 0.240 e. The number of nitrogens with zero attached hydrogens (tertiary/aromatic N) is 2. The Kier molecular flexibility index (Phi) is 4.47. The molecule has 0 saturated heterocycles. The average Bonchev–Trinajstić information content (AvgIpc) is 2.18. The molecule has 0 unspecified atom stereocenters. The van der Waals surface area contributed by atoms with Crippen molar-refractivity contribution >= 4 is 12.1 Å². The number of carbonyl (C=O) groups excluding carboxylic acids is 1. The molecule has 0 fully saturated rings. The van der Waals surface area contributed by atoms with Crippen LogP contribution in [0.25, 0.3) is 0 Å². The van der Waals surface area contributed by atoms with Gasteiger partial charge in [0.25, 0.3) is 0 Å². The first-order chi connectivity index (χ1) is 7.18. The first kappa shape index (κ1) is 11.4. The summed E-state index contributed by atoms with van der Waals surface area (Å²) in [6.07, 6.45) is 5.45. The fourth-order valence-corrected chi connectivity index (χ4v) is 1.04. The quantitative estimate of drug-likeness (QED) is 0.599. The summed E-state index contributed by atoms with van der Waals surface area (Å²) in [5.74, 6) is 0.288. The number of carbonyl (C=O) groups is 1. The number of hydrogen-bond donors (Lipinski definition) is 1. The predicted octanol–water partition coefficient (Wildman–Crippen LogP) is 1.58. The number of amides is 1. The molecule has 1 amide bonds. The largest absolute Gasteiger partial charge is 0.273 e. The van der Waals surface area contributed by atoms with E-state index in [1.807, 2.05) is 26.0 Å². The molecule has 1 heterocycles. The Hall–Kier alpha value is -1.71. The summed E-state index contributed by atoms with van der Waals surface area (Å²) in [7, 11) is 0. The Morgan fingerprint density at radius 3 is 2.80 bits per heavy atom. The monoisotopic (exact) mass is 205 g/mol. The summed E-state index contributed by atoms with van der Waals surface area (Å²) in [6.45, 7) is 3.98. The van der Waals surface area contributed by atoms with Gasteiger partial charge >= 0.3 is 0 Å². The number of nitrogens with one attached hydrogen (secondary N) is 1. The topological polar surface area (TPSA) is 54.4 Å². The van der Waals surface area contributed by atoms with Gasteiger partial charge in [-0.25, -0.2) is 5.43 Å². The fraction of sp³-hybridized carbons (Fsp3) is 0.364. The van der Waals surface area contributed by atoms with Gasteiger partial charge in [-0.05, 0) is 23.6 Å². The third-order valence-corrected chi connectivity index (χ3v) is 1.70. The average molecular weight is 205 g/mol. The van der Waals surface area contributed by atoms with E-state index in [4.69, 9.17) is 0 Å². The Morgan fingerprint density at radius 2 is 2.20 bits per heavy atom. The van der Waals surface area contributed by atoms with Crippen LogP contribution in [0.15, 0.2) is 29.6 Å². The van der Waals surface area contributed by atoms with Crippen LogP contribution in [0.1, 0.15) is 25.8 Å². The van der Waals surface area contributed by atoms with Crippen molar-refractivity contribution in [2.45, 2.75) is 20.3 Å². The maximum atomic E-state index is 11.2. The third kappa shape index (κ3) is 4.90. The van der Waals surface area contributed by atoms with Crippen molar-refractivity contribution in [3.8, 4) is 0 Å². The minimum atomic E-state index is -0.0599. The third-order valence-electron chi connectivity index (χ3n) is 1.70. The lowest BCUT2D eigenvalue weighted by molar-refractivity contribution is -0.121. The molecule has 0 spiro atoms. The maximum absolute atomic E-state index is 11.2. The lowest BCUT2D eigenvalue weighted by Crippen LogP contribution is -2.19. The van der Waals surface area contributed by atoms with E-state index in [1.165, 1.54) is 0 Å². The molecule has 1 N–H and O–H groups in total. The minimum absolute atomic E-state index is 0.0599. The van der Waals surface area contributed by atoms with Gasteiger partial charge in [-0.1, -0.05) is 13.8 Å². The number of hydrogen-bond acceptors (Lipinski definition) is 3. The van der Waals surface area contributed by atoms with E-state index in [0.29, 0.717) is 12.3 Å². The van der Waals surface area contributed by atoms with Crippen LogP contribution in [-0.2, 0) is 4.79 Å². The highest BCUT2D eigenvalue weighted by Crippen LogP contribution is 1.97. The zero-order chi connectivity index (χ0) is 11.1. The molecule has 4 nitrogen and oxygen atoms in total. The van der Waals surface area contributed by atoms with Crippen LogP contribution in [0.3, 0.4) is 0 Å². The van der Waals surface area contributed by atoms with E-state index in [0.717, 1.165) is 5.56 Å². The molecule has 1 aromatic heterocycles. The predicted molar refractivity (Wildman–Crippen MR) is 59.4 cm³/mol. The second kappa shape index (κ2) is 5.90. The summed E-state index contributed by atoms with van der Waals surface area (Å²) in [6, 6.07) is 3.64. The van der Waals surface area contributed by atoms with Crippen molar-refractivity contribution in [3.63, 3.8) is 0 Å². The van der Waals surface area contributed by atoms with Crippen molar-refractivity contribution in [1.82, 2.24) is 10.4 Å². The lowest BCUT2D eigenvalue weighted by atomic mass is 10.1. The van der Waals surface area contributed by atoms with Crippen molar-refractivity contribution < 1.29 is 4.79 Å². The molecule has 15 heavy (non-hydrogen) atoms. The molecule has 0 bridgehead atoms. The number of hydrazone groups is 1. The Balaban J connectivity index is 2.37. The molecule has 0 aliphatic heterocycles. The van der Waals surface area contributed by atoms with Crippen LogP contribution in [0.2, 0.25) is 0 Å². The van der Waals surface area contributed by atoms with Gasteiger partial charge in [0.05, 0.1) is 6.21 Å². The number of aromatic nitrogens is 1. The zero-order valence-corrected chi connectivity index (χ0v) is 8.97. The highest BCUT2D eigenvalue weighted by molar-refractivity contribution is 5.82. The molecule has 1 rings (SSSR count). The highest BCUT2D eigenvalue weighted by atomic mass is 16.2. The molecule has 0 atom stereocenters. The SMILES string of the molecule is CC(C)CC(=O)N/N=C\c1ccncc1. The Bertz CT molecular complexity index is 333. The highest BCUT2D eigenvalue weighted by Gasteiger charge is 2.01. The van der Waals surface area contributed by atoms with Gasteiger partial charge < -0.3 is 0 Å². The van der Waals surface area contributed by atoms with E-state index in [-0.39, 0.29) is 5.91 Å². The normalized spacial score (nSPS) is 10.9. The van der Waals surface area contributed by atoms with Gasteiger partial charge in [0.1, 0.15) is 0 Å². The van der Waals surface area contributed by atoms with E-state index in [9.17, 15) is 4.79 Å². The van der Waals surface area contributed by atoms with Crippen molar-refractivity contribution in [2.75, 3.05) is 0 Å². The number of pyridine rings is 1. The maximum Gasteiger partial charge on any atom is 0.240 e. The summed E-state index contributed by atoms with van der Waals surface area (Å²) in [4.78, 5) is 15.1. The minimum Gasteiger partial charge on any atom is -0.273 e. The van der Waals surface area contributed by atoms with Gasteiger partial charge in [-0.3, -0.25) is 9.78 Å². The molecule has 0 aromatic carbocycles. The van der Waals surface area contributed by atoms with Gasteiger partial charge in [-0.15, -0.1) is 0 Å². The zero-order valence-electron chi connectivity index (χ0n) is 8.97. The summed E-state index contributed by atoms with van der Waals surface area (Å²) >= 11 is 0. The van der Waals surface area contributed by atoms with Crippen LogP contribution in [0.5, 0.6) is 0 Å². The van der Waals surface area contributed by atoms with Crippen LogP contribution in [0, 0.1) is 5.92 Å². The van der Waals surface area contributed by atoms with Crippen LogP contribution < -0.4 is 5.43 Å². The number of rotatable bonds is 4. The molecule has 0 aliphatic rings. The lowest BCUT2D eigenvalue weighted by Gasteiger charge is -2.01.